The summed E-state index contributed by atoms with van der Waals surface area (Å²) in [6, 6.07) is 9.41. The predicted molar refractivity (Wildman–Crippen MR) is 122 cm³/mol. The molecule has 1 aromatic carbocycles. The lowest BCUT2D eigenvalue weighted by atomic mass is 10.0. The summed E-state index contributed by atoms with van der Waals surface area (Å²) in [6.45, 7) is 6.11. The molecule has 0 aliphatic carbocycles. The van der Waals surface area contributed by atoms with Crippen LogP contribution < -0.4 is 21.6 Å². The maximum Gasteiger partial charge on any atom is 0.251 e. The summed E-state index contributed by atoms with van der Waals surface area (Å²) in [5, 5.41) is 12.8. The molecule has 2 heterocycles. The molecule has 0 bridgehead atoms. The molecule has 0 saturated heterocycles. The van der Waals surface area contributed by atoms with Gasteiger partial charge in [0.2, 0.25) is 11.1 Å². The highest BCUT2D eigenvalue weighted by molar-refractivity contribution is 8.00. The van der Waals surface area contributed by atoms with Crippen LogP contribution in [-0.2, 0) is 11.4 Å². The van der Waals surface area contributed by atoms with Crippen LogP contribution >= 0.6 is 23.1 Å². The van der Waals surface area contributed by atoms with Gasteiger partial charge in [0.05, 0.1) is 10.8 Å². The fraction of sp³-hybridized carbons (Fsp3) is 0.300. The highest BCUT2D eigenvalue weighted by Crippen LogP contribution is 2.26. The molecule has 0 fully saturated rings. The number of carbonyl (C=O) groups excluding carboxylic acids is 2. The lowest BCUT2D eigenvalue weighted by molar-refractivity contribution is -0.115. The van der Waals surface area contributed by atoms with Gasteiger partial charge in [-0.3, -0.25) is 9.59 Å². The Kier molecular flexibility index (Phi) is 7.18. The van der Waals surface area contributed by atoms with Crippen molar-refractivity contribution in [2.45, 2.75) is 43.7 Å². The number of thioether (sulfide) groups is 1. The maximum atomic E-state index is 12.5. The van der Waals surface area contributed by atoms with Crippen molar-refractivity contribution in [2.24, 2.45) is 5.73 Å². The smallest absolute Gasteiger partial charge is 0.251 e. The van der Waals surface area contributed by atoms with Gasteiger partial charge >= 0.3 is 0 Å². The number of nitrogens with one attached hydrogen (secondary N) is 1. The molecule has 2 amide bonds. The van der Waals surface area contributed by atoms with Gasteiger partial charge in [0.15, 0.2) is 5.82 Å². The van der Waals surface area contributed by atoms with Crippen LogP contribution in [0.15, 0.2) is 40.9 Å². The van der Waals surface area contributed by atoms with Crippen LogP contribution in [0.1, 0.15) is 48.4 Å². The van der Waals surface area contributed by atoms with Crippen molar-refractivity contribution >= 4 is 39.9 Å². The molecule has 3 aromatic rings. The van der Waals surface area contributed by atoms with E-state index >= 15 is 0 Å². The first-order valence-electron chi connectivity index (χ1n) is 9.53. The van der Waals surface area contributed by atoms with E-state index in [-0.39, 0.29) is 18.1 Å². The number of hydrogen-bond donors (Lipinski definition) is 3. The number of amides is 2. The third-order valence-corrected chi connectivity index (χ3v) is 6.36. The molecule has 2 aromatic heterocycles. The molecule has 0 radical (unpaired) electrons. The van der Waals surface area contributed by atoms with Crippen molar-refractivity contribution in [1.29, 1.82) is 0 Å². The number of ether oxygens (including phenoxy) is 1. The molecule has 1 atom stereocenters. The first-order chi connectivity index (χ1) is 14.8. The summed E-state index contributed by atoms with van der Waals surface area (Å²) < 4.78 is 7.05. The Balaban J connectivity index is 1.58. The third kappa shape index (κ3) is 5.56. The molecule has 164 valence electrons. The first-order valence-corrected chi connectivity index (χ1v) is 11.3. The molecule has 11 heteroatoms. The third-order valence-electron chi connectivity index (χ3n) is 4.47. The zero-order valence-corrected chi connectivity index (χ0v) is 19.0. The minimum Gasteiger partial charge on any atom is -0.486 e. The number of hydrogen-bond acceptors (Lipinski definition) is 8. The van der Waals surface area contributed by atoms with Gasteiger partial charge < -0.3 is 21.6 Å². The van der Waals surface area contributed by atoms with Crippen LogP contribution in [0.4, 0.5) is 5.00 Å². The number of aromatic nitrogens is 3. The number of benzene rings is 1. The predicted octanol–water partition coefficient (Wildman–Crippen LogP) is 2.97. The number of thiophene rings is 1. The van der Waals surface area contributed by atoms with Gasteiger partial charge in [0.1, 0.15) is 17.4 Å². The van der Waals surface area contributed by atoms with Crippen molar-refractivity contribution in [3.8, 4) is 5.75 Å². The number of nitrogens with two attached hydrogens (primary N) is 2. The number of anilines is 1. The lowest BCUT2D eigenvalue weighted by Gasteiger charge is -2.11. The van der Waals surface area contributed by atoms with E-state index in [4.69, 9.17) is 16.3 Å². The van der Waals surface area contributed by atoms with Gasteiger partial charge in [-0.25, -0.2) is 4.68 Å². The normalized spacial score (nSPS) is 12.0. The van der Waals surface area contributed by atoms with Gasteiger partial charge in [-0.05, 0) is 42.0 Å². The monoisotopic (exact) mass is 460 g/mol. The van der Waals surface area contributed by atoms with E-state index in [9.17, 15) is 9.59 Å². The minimum atomic E-state index is -0.595. The Labute approximate surface area is 188 Å². The summed E-state index contributed by atoms with van der Waals surface area (Å²) in [7, 11) is 0. The van der Waals surface area contributed by atoms with Crippen LogP contribution in [0, 0.1) is 0 Å². The highest BCUT2D eigenvalue weighted by Gasteiger charge is 2.21. The largest absolute Gasteiger partial charge is 0.486 e. The zero-order chi connectivity index (χ0) is 22.5. The molecule has 1 unspecified atom stereocenters. The van der Waals surface area contributed by atoms with Gasteiger partial charge in [0.25, 0.3) is 5.91 Å². The zero-order valence-electron chi connectivity index (χ0n) is 17.4. The molecule has 3 rings (SSSR count). The van der Waals surface area contributed by atoms with Crippen molar-refractivity contribution in [3.63, 3.8) is 0 Å². The standard InChI is InChI=1S/C20H24N6O3S2/c1-11(2)13-4-6-14(7-5-13)29-10-16-24-25-20(26(16)22)31-12(3)18(28)23-19-15(17(21)27)8-9-30-19/h4-9,11-12H,10,22H2,1-3H3,(H2,21,27)(H,23,28). The second-order valence-corrected chi connectivity index (χ2v) is 9.28. The summed E-state index contributed by atoms with van der Waals surface area (Å²) >= 11 is 2.37. The van der Waals surface area contributed by atoms with Crippen LogP contribution in [-0.4, -0.2) is 31.9 Å². The van der Waals surface area contributed by atoms with Crippen LogP contribution in [0.3, 0.4) is 0 Å². The quantitative estimate of drug-likeness (QED) is 0.330. The summed E-state index contributed by atoms with van der Waals surface area (Å²) in [4.78, 5) is 23.9. The van der Waals surface area contributed by atoms with Crippen molar-refractivity contribution in [1.82, 2.24) is 14.9 Å². The Morgan fingerprint density at radius 3 is 2.55 bits per heavy atom. The molecule has 0 aliphatic heterocycles. The van der Waals surface area contributed by atoms with E-state index in [0.717, 1.165) is 11.8 Å². The Morgan fingerprint density at radius 2 is 1.90 bits per heavy atom. The number of primary amides is 1. The van der Waals surface area contributed by atoms with Crippen LogP contribution in [0.2, 0.25) is 0 Å². The fourth-order valence-corrected chi connectivity index (χ4v) is 4.19. The summed E-state index contributed by atoms with van der Waals surface area (Å²) in [5.41, 5.74) is 6.81. The van der Waals surface area contributed by atoms with E-state index in [0.29, 0.717) is 27.6 Å². The number of carbonyl (C=O) groups is 2. The molecule has 9 nitrogen and oxygen atoms in total. The summed E-state index contributed by atoms with van der Waals surface area (Å²) in [6.07, 6.45) is 0. The Hall–Kier alpha value is -3.05. The first kappa shape index (κ1) is 22.6. The molecule has 0 aliphatic rings. The van der Waals surface area contributed by atoms with Crippen molar-refractivity contribution in [3.05, 3.63) is 52.7 Å². The van der Waals surface area contributed by atoms with Crippen molar-refractivity contribution in [2.75, 3.05) is 11.2 Å². The molecular formula is C20H24N6O3S2. The number of nitrogen functional groups attached to an aromatic ring is 1. The van der Waals surface area contributed by atoms with E-state index in [1.54, 1.807) is 18.4 Å². The SMILES string of the molecule is CC(Sc1nnc(COc2ccc(C(C)C)cc2)n1N)C(=O)Nc1sccc1C(N)=O. The van der Waals surface area contributed by atoms with E-state index < -0.39 is 11.2 Å². The Morgan fingerprint density at radius 1 is 1.19 bits per heavy atom. The van der Waals surface area contributed by atoms with E-state index in [2.05, 4.69) is 29.4 Å². The highest BCUT2D eigenvalue weighted by atomic mass is 32.2. The Bertz CT molecular complexity index is 1060. The topological polar surface area (TPSA) is 138 Å². The van der Waals surface area contributed by atoms with Gasteiger partial charge in [-0.15, -0.1) is 21.5 Å². The average Bonchev–Trinajstić information content (AvgIpc) is 3.34. The average molecular weight is 461 g/mol. The van der Waals surface area contributed by atoms with Crippen LogP contribution in [0.25, 0.3) is 0 Å². The fourth-order valence-electron chi connectivity index (χ4n) is 2.61. The van der Waals surface area contributed by atoms with Gasteiger partial charge in [-0.2, -0.15) is 0 Å². The van der Waals surface area contributed by atoms with E-state index in [1.165, 1.54) is 21.6 Å². The number of rotatable bonds is 9. The second kappa shape index (κ2) is 9.84. The molecule has 0 spiro atoms. The van der Waals surface area contributed by atoms with Gasteiger partial charge in [-0.1, -0.05) is 37.7 Å². The van der Waals surface area contributed by atoms with Crippen molar-refractivity contribution < 1.29 is 14.3 Å². The van der Waals surface area contributed by atoms with Crippen LogP contribution in [0.5, 0.6) is 5.75 Å². The molecular weight excluding hydrogens is 436 g/mol. The maximum absolute atomic E-state index is 12.5. The van der Waals surface area contributed by atoms with Gasteiger partial charge in [0, 0.05) is 0 Å². The summed E-state index contributed by atoms with van der Waals surface area (Å²) in [5.74, 6) is 6.76. The molecule has 31 heavy (non-hydrogen) atoms. The minimum absolute atomic E-state index is 0.142. The second-order valence-electron chi connectivity index (χ2n) is 7.06. The van der Waals surface area contributed by atoms with E-state index in [1.807, 2.05) is 24.3 Å². The molecule has 0 saturated carbocycles. The number of nitrogens with zero attached hydrogens (tertiary/aromatic N) is 3. The lowest BCUT2D eigenvalue weighted by Crippen LogP contribution is -2.25. The molecule has 5 N–H and O–H groups in total.